The average Bonchev–Trinajstić information content (AvgIpc) is 3.25. The van der Waals surface area contributed by atoms with Crippen LogP contribution in [0.2, 0.25) is 0 Å². The van der Waals surface area contributed by atoms with Crippen molar-refractivity contribution in [2.45, 2.75) is 5.22 Å². The lowest BCUT2D eigenvalue weighted by molar-refractivity contribution is -0.113. The second-order valence-corrected chi connectivity index (χ2v) is 6.86. The van der Waals surface area contributed by atoms with Crippen LogP contribution in [0.5, 0.6) is 0 Å². The van der Waals surface area contributed by atoms with Crippen LogP contribution in [-0.4, -0.2) is 48.0 Å². The summed E-state index contributed by atoms with van der Waals surface area (Å²) in [5.41, 5.74) is 0.434. The monoisotopic (exact) mass is 445 g/mol. The highest BCUT2D eigenvalue weighted by molar-refractivity contribution is 7.99. The number of halogens is 1. The number of anilines is 1. The molecule has 11 heteroatoms. The molecule has 0 spiro atoms. The van der Waals surface area contributed by atoms with E-state index in [9.17, 15) is 18.8 Å². The van der Waals surface area contributed by atoms with Gasteiger partial charge in [0.25, 0.3) is 11.1 Å². The molecule has 0 radical (unpaired) electrons. The first-order chi connectivity index (χ1) is 14.9. The summed E-state index contributed by atoms with van der Waals surface area (Å²) in [5.74, 6) is -2.51. The number of carbonyl (C=O) groups is 3. The number of nitrogens with zero attached hydrogens (tertiary/aromatic N) is 2. The van der Waals surface area contributed by atoms with Crippen molar-refractivity contribution in [1.29, 1.82) is 0 Å². The summed E-state index contributed by atoms with van der Waals surface area (Å²) < 4.78 is 28.5. The third-order valence-electron chi connectivity index (χ3n) is 3.96. The summed E-state index contributed by atoms with van der Waals surface area (Å²) in [6.07, 6.45) is 0. The maximum Gasteiger partial charge on any atom is 0.339 e. The summed E-state index contributed by atoms with van der Waals surface area (Å²) in [7, 11) is 2.41. The highest BCUT2D eigenvalue weighted by Crippen LogP contribution is 2.25. The standard InChI is InChI=1S/C20H16FN3O6S/c1-28-18(26)11-7-8-13(19(27)29-2)15(9-11)22-16(25)10-31-20-24-23-17(30-20)12-5-3-4-6-14(12)21/h3-9H,10H2,1-2H3,(H,22,25). The smallest absolute Gasteiger partial charge is 0.339 e. The Bertz CT molecular complexity index is 1130. The molecule has 160 valence electrons. The van der Waals surface area contributed by atoms with Crippen LogP contribution in [0.3, 0.4) is 0 Å². The van der Waals surface area contributed by atoms with E-state index in [2.05, 4.69) is 20.3 Å². The third-order valence-corrected chi connectivity index (χ3v) is 4.78. The molecule has 0 bridgehead atoms. The van der Waals surface area contributed by atoms with E-state index in [1.54, 1.807) is 6.07 Å². The fraction of sp³-hybridized carbons (Fsp3) is 0.150. The topological polar surface area (TPSA) is 121 Å². The molecule has 0 atom stereocenters. The molecule has 0 unspecified atom stereocenters. The number of esters is 2. The number of aromatic nitrogens is 2. The number of rotatable bonds is 7. The Morgan fingerprint density at radius 3 is 2.52 bits per heavy atom. The van der Waals surface area contributed by atoms with Gasteiger partial charge in [-0.05, 0) is 30.3 Å². The molecule has 3 rings (SSSR count). The molecule has 9 nitrogen and oxygen atoms in total. The van der Waals surface area contributed by atoms with E-state index in [0.29, 0.717) is 0 Å². The van der Waals surface area contributed by atoms with E-state index in [1.165, 1.54) is 50.6 Å². The zero-order valence-corrected chi connectivity index (χ0v) is 17.2. The van der Waals surface area contributed by atoms with Crippen molar-refractivity contribution in [2.75, 3.05) is 25.3 Å². The molecule has 0 aliphatic heterocycles. The molecule has 1 heterocycles. The van der Waals surface area contributed by atoms with Crippen LogP contribution in [-0.2, 0) is 14.3 Å². The lowest BCUT2D eigenvalue weighted by atomic mass is 10.1. The molecule has 0 aliphatic rings. The first kappa shape index (κ1) is 22.0. The molecule has 0 saturated heterocycles. The van der Waals surface area contributed by atoms with E-state index in [1.807, 2.05) is 0 Å². The molecule has 1 aromatic heterocycles. The summed E-state index contributed by atoms with van der Waals surface area (Å²) in [5, 5.41) is 10.2. The maximum atomic E-state index is 13.8. The lowest BCUT2D eigenvalue weighted by Gasteiger charge is -2.11. The van der Waals surface area contributed by atoms with Crippen LogP contribution in [0.4, 0.5) is 10.1 Å². The number of ether oxygens (including phenoxy) is 2. The van der Waals surface area contributed by atoms with Crippen LogP contribution in [0.25, 0.3) is 11.5 Å². The second kappa shape index (κ2) is 9.85. The van der Waals surface area contributed by atoms with Crippen molar-refractivity contribution in [3.8, 4) is 11.5 Å². The number of hydrogen-bond acceptors (Lipinski definition) is 9. The molecule has 2 aromatic carbocycles. The molecule has 1 N–H and O–H groups in total. The normalized spacial score (nSPS) is 10.4. The predicted molar refractivity (Wildman–Crippen MR) is 108 cm³/mol. The first-order valence-corrected chi connectivity index (χ1v) is 9.73. The van der Waals surface area contributed by atoms with Gasteiger partial charge in [0.1, 0.15) is 5.82 Å². The number of benzene rings is 2. The minimum atomic E-state index is -0.689. The zero-order valence-electron chi connectivity index (χ0n) is 16.4. The molecule has 0 fully saturated rings. The Hall–Kier alpha value is -3.73. The minimum absolute atomic E-state index is 0.0141. The van der Waals surface area contributed by atoms with Crippen molar-refractivity contribution < 1.29 is 32.7 Å². The highest BCUT2D eigenvalue weighted by atomic mass is 32.2. The van der Waals surface area contributed by atoms with Gasteiger partial charge >= 0.3 is 11.9 Å². The van der Waals surface area contributed by atoms with Gasteiger partial charge in [0.05, 0.1) is 42.4 Å². The zero-order chi connectivity index (χ0) is 22.4. The maximum absolute atomic E-state index is 13.8. The van der Waals surface area contributed by atoms with Gasteiger partial charge in [0, 0.05) is 0 Å². The van der Waals surface area contributed by atoms with Crippen LogP contribution in [0, 0.1) is 5.82 Å². The van der Waals surface area contributed by atoms with E-state index >= 15 is 0 Å². The van der Waals surface area contributed by atoms with Crippen molar-refractivity contribution in [3.63, 3.8) is 0 Å². The van der Waals surface area contributed by atoms with E-state index in [0.717, 1.165) is 11.8 Å². The fourth-order valence-electron chi connectivity index (χ4n) is 2.51. The molecule has 31 heavy (non-hydrogen) atoms. The largest absolute Gasteiger partial charge is 0.465 e. The second-order valence-electron chi connectivity index (χ2n) is 5.93. The van der Waals surface area contributed by atoms with Crippen molar-refractivity contribution in [3.05, 3.63) is 59.4 Å². The number of nitrogens with one attached hydrogen (secondary N) is 1. The van der Waals surface area contributed by atoms with Gasteiger partial charge in [-0.15, -0.1) is 10.2 Å². The summed E-state index contributed by atoms with van der Waals surface area (Å²) >= 11 is 0.922. The summed E-state index contributed by atoms with van der Waals surface area (Å²) in [6, 6.07) is 9.96. The Kier molecular flexibility index (Phi) is 6.98. The summed E-state index contributed by atoms with van der Waals surface area (Å²) in [4.78, 5) is 36.1. The van der Waals surface area contributed by atoms with E-state index in [4.69, 9.17) is 9.15 Å². The molecular weight excluding hydrogens is 429 g/mol. The predicted octanol–water partition coefficient (Wildman–Crippen LogP) is 3.18. The van der Waals surface area contributed by atoms with Crippen molar-refractivity contribution >= 4 is 35.3 Å². The highest BCUT2D eigenvalue weighted by Gasteiger charge is 2.18. The van der Waals surface area contributed by atoms with Gasteiger partial charge in [-0.3, -0.25) is 4.79 Å². The van der Waals surface area contributed by atoms with Crippen LogP contribution < -0.4 is 5.32 Å². The first-order valence-electron chi connectivity index (χ1n) is 8.74. The van der Waals surface area contributed by atoms with Crippen LogP contribution >= 0.6 is 11.8 Å². The lowest BCUT2D eigenvalue weighted by Crippen LogP contribution is -2.18. The van der Waals surface area contributed by atoms with Crippen LogP contribution in [0.1, 0.15) is 20.7 Å². The SMILES string of the molecule is COC(=O)c1ccc(C(=O)OC)c(NC(=O)CSc2nnc(-c3ccccc3F)o2)c1. The molecule has 1 amide bonds. The van der Waals surface area contributed by atoms with Gasteiger partial charge in [-0.2, -0.15) is 0 Å². The van der Waals surface area contributed by atoms with Gasteiger partial charge in [0.2, 0.25) is 5.91 Å². The Morgan fingerprint density at radius 2 is 1.81 bits per heavy atom. The Balaban J connectivity index is 1.70. The van der Waals surface area contributed by atoms with Crippen molar-refractivity contribution in [1.82, 2.24) is 10.2 Å². The molecule has 0 aliphatic carbocycles. The molecule has 3 aromatic rings. The number of methoxy groups -OCH3 is 2. The molecular formula is C20H16FN3O6S. The number of hydrogen-bond donors (Lipinski definition) is 1. The van der Waals surface area contributed by atoms with Gasteiger partial charge < -0.3 is 19.2 Å². The average molecular weight is 445 g/mol. The van der Waals surface area contributed by atoms with Crippen molar-refractivity contribution in [2.24, 2.45) is 0 Å². The fourth-order valence-corrected chi connectivity index (χ4v) is 3.07. The molecule has 0 saturated carbocycles. The number of carbonyl (C=O) groups excluding carboxylic acids is 3. The number of thioether (sulfide) groups is 1. The Morgan fingerprint density at radius 1 is 1.06 bits per heavy atom. The Labute approximate surface area is 179 Å². The van der Waals surface area contributed by atoms with Gasteiger partial charge in [-0.1, -0.05) is 23.9 Å². The van der Waals surface area contributed by atoms with E-state index in [-0.39, 0.29) is 39.2 Å². The third kappa shape index (κ3) is 5.25. The number of amides is 1. The summed E-state index contributed by atoms with van der Waals surface area (Å²) in [6.45, 7) is 0. The quantitative estimate of drug-likeness (QED) is 0.432. The van der Waals surface area contributed by atoms with Gasteiger partial charge in [-0.25, -0.2) is 14.0 Å². The van der Waals surface area contributed by atoms with Crippen LogP contribution in [0.15, 0.2) is 52.1 Å². The van der Waals surface area contributed by atoms with E-state index < -0.39 is 23.7 Å². The minimum Gasteiger partial charge on any atom is -0.465 e. The van der Waals surface area contributed by atoms with Gasteiger partial charge in [0.15, 0.2) is 0 Å².